The van der Waals surface area contributed by atoms with Crippen LogP contribution in [0.3, 0.4) is 0 Å². The van der Waals surface area contributed by atoms with Gasteiger partial charge in [-0.2, -0.15) is 0 Å². The summed E-state index contributed by atoms with van der Waals surface area (Å²) in [5.74, 6) is -0.145. The van der Waals surface area contributed by atoms with E-state index < -0.39 is 0 Å². The van der Waals surface area contributed by atoms with Gasteiger partial charge in [0, 0.05) is 25.7 Å². The number of benzene rings is 3. The molecular formula is C34H44N4O2. The standard InChI is InChI=1S/C34H44N4O2/c1-2-3-4-5-6-15-24-35-34(40)37-31-21-14-13-20-30(31)33(39)36-29-22-25-38(26-23-29)32(27-16-9-7-10-17-27)28-18-11-8-12-19-28/h7-14,16-21,29,32H,2-6,15,22-26H2,1H3,(H,36,39)(H2,35,37,40). The van der Waals surface area contributed by atoms with Gasteiger partial charge in [0.05, 0.1) is 17.3 Å². The molecule has 1 fully saturated rings. The number of rotatable bonds is 13. The lowest BCUT2D eigenvalue weighted by Gasteiger charge is -2.38. The number of piperidine rings is 1. The second-order valence-electron chi connectivity index (χ2n) is 10.7. The molecule has 6 heteroatoms. The van der Waals surface area contributed by atoms with Gasteiger partial charge in [-0.25, -0.2) is 4.79 Å². The van der Waals surface area contributed by atoms with E-state index in [1.54, 1.807) is 12.1 Å². The molecule has 0 aromatic heterocycles. The number of hydrogen-bond donors (Lipinski definition) is 3. The summed E-state index contributed by atoms with van der Waals surface area (Å²) in [6, 6.07) is 28.5. The Labute approximate surface area is 239 Å². The number of carbonyl (C=O) groups is 2. The fraction of sp³-hybridized carbons (Fsp3) is 0.412. The molecule has 0 radical (unpaired) electrons. The van der Waals surface area contributed by atoms with Crippen molar-refractivity contribution in [2.24, 2.45) is 0 Å². The lowest BCUT2D eigenvalue weighted by molar-refractivity contribution is 0.0901. The zero-order chi connectivity index (χ0) is 28.0. The van der Waals surface area contributed by atoms with Crippen LogP contribution in [0.15, 0.2) is 84.9 Å². The first-order valence-corrected chi connectivity index (χ1v) is 14.9. The van der Waals surface area contributed by atoms with Crippen molar-refractivity contribution in [1.29, 1.82) is 0 Å². The van der Waals surface area contributed by atoms with Gasteiger partial charge in [-0.05, 0) is 42.5 Å². The van der Waals surface area contributed by atoms with Crippen molar-refractivity contribution in [3.8, 4) is 0 Å². The van der Waals surface area contributed by atoms with E-state index in [2.05, 4.69) is 88.4 Å². The first kappa shape index (κ1) is 29.3. The molecule has 3 amide bonds. The Kier molecular flexibility index (Phi) is 11.6. The second-order valence-corrected chi connectivity index (χ2v) is 10.7. The highest BCUT2D eigenvalue weighted by Crippen LogP contribution is 2.31. The Morgan fingerprint density at radius 2 is 1.35 bits per heavy atom. The first-order chi connectivity index (χ1) is 19.7. The molecule has 1 heterocycles. The maximum atomic E-state index is 13.3. The molecule has 0 aliphatic carbocycles. The van der Waals surface area contributed by atoms with Crippen molar-refractivity contribution in [2.45, 2.75) is 70.4 Å². The van der Waals surface area contributed by atoms with E-state index in [1.165, 1.54) is 36.8 Å². The molecule has 0 atom stereocenters. The summed E-state index contributed by atoms with van der Waals surface area (Å²) in [6.45, 7) is 4.62. The van der Waals surface area contributed by atoms with Crippen LogP contribution in [0.1, 0.15) is 85.8 Å². The summed E-state index contributed by atoms with van der Waals surface area (Å²) >= 11 is 0. The summed E-state index contributed by atoms with van der Waals surface area (Å²) in [4.78, 5) is 28.3. The lowest BCUT2D eigenvalue weighted by atomic mass is 9.94. The van der Waals surface area contributed by atoms with Gasteiger partial charge in [0.25, 0.3) is 5.91 Å². The summed E-state index contributed by atoms with van der Waals surface area (Å²) in [7, 11) is 0. The Bertz CT molecular complexity index is 1140. The minimum Gasteiger partial charge on any atom is -0.349 e. The third-order valence-electron chi connectivity index (χ3n) is 7.70. The summed E-state index contributed by atoms with van der Waals surface area (Å²) in [6.07, 6.45) is 8.79. The Morgan fingerprint density at radius 3 is 2.00 bits per heavy atom. The number of hydrogen-bond acceptors (Lipinski definition) is 3. The molecule has 4 rings (SSSR count). The number of para-hydroxylation sites is 1. The number of amides is 3. The van der Waals surface area contributed by atoms with Crippen molar-refractivity contribution in [1.82, 2.24) is 15.5 Å². The first-order valence-electron chi connectivity index (χ1n) is 14.9. The molecule has 1 aliphatic rings. The minimum atomic E-state index is -0.269. The Hall–Kier alpha value is -3.64. The van der Waals surface area contributed by atoms with E-state index in [4.69, 9.17) is 0 Å². The van der Waals surface area contributed by atoms with Crippen LogP contribution in [0.2, 0.25) is 0 Å². The van der Waals surface area contributed by atoms with Crippen molar-refractivity contribution in [2.75, 3.05) is 25.0 Å². The number of nitrogens with one attached hydrogen (secondary N) is 3. The number of likely N-dealkylation sites (tertiary alicyclic amines) is 1. The fourth-order valence-corrected chi connectivity index (χ4v) is 5.51. The van der Waals surface area contributed by atoms with Gasteiger partial charge in [0.2, 0.25) is 0 Å². The predicted molar refractivity (Wildman–Crippen MR) is 164 cm³/mol. The normalized spacial score (nSPS) is 14.2. The minimum absolute atomic E-state index is 0.0885. The van der Waals surface area contributed by atoms with Crippen LogP contribution in [0.25, 0.3) is 0 Å². The van der Waals surface area contributed by atoms with Gasteiger partial charge in [-0.15, -0.1) is 0 Å². The van der Waals surface area contributed by atoms with E-state index in [0.29, 0.717) is 17.8 Å². The molecule has 6 nitrogen and oxygen atoms in total. The highest BCUT2D eigenvalue weighted by molar-refractivity contribution is 6.03. The molecule has 3 aromatic carbocycles. The largest absolute Gasteiger partial charge is 0.349 e. The van der Waals surface area contributed by atoms with Crippen LogP contribution < -0.4 is 16.0 Å². The van der Waals surface area contributed by atoms with Gasteiger partial charge in [-0.3, -0.25) is 9.69 Å². The second kappa shape index (κ2) is 15.8. The van der Waals surface area contributed by atoms with E-state index in [1.807, 2.05) is 12.1 Å². The molecule has 3 N–H and O–H groups in total. The third kappa shape index (κ3) is 8.68. The monoisotopic (exact) mass is 540 g/mol. The highest BCUT2D eigenvalue weighted by Gasteiger charge is 2.28. The van der Waals surface area contributed by atoms with Crippen LogP contribution in [0.5, 0.6) is 0 Å². The van der Waals surface area contributed by atoms with Gasteiger partial charge >= 0.3 is 6.03 Å². The number of unbranched alkanes of at least 4 members (excludes halogenated alkanes) is 5. The van der Waals surface area contributed by atoms with Crippen molar-refractivity contribution < 1.29 is 9.59 Å². The van der Waals surface area contributed by atoms with Crippen molar-refractivity contribution in [3.63, 3.8) is 0 Å². The van der Waals surface area contributed by atoms with E-state index >= 15 is 0 Å². The van der Waals surface area contributed by atoms with Crippen molar-refractivity contribution >= 4 is 17.6 Å². The molecule has 1 saturated heterocycles. The van der Waals surface area contributed by atoms with Gasteiger partial charge in [0.15, 0.2) is 0 Å². The topological polar surface area (TPSA) is 73.5 Å². The predicted octanol–water partition coefficient (Wildman–Crippen LogP) is 7.15. The molecule has 212 valence electrons. The van der Waals surface area contributed by atoms with E-state index in [9.17, 15) is 9.59 Å². The average Bonchev–Trinajstić information content (AvgIpc) is 2.99. The fourth-order valence-electron chi connectivity index (χ4n) is 5.51. The average molecular weight is 541 g/mol. The van der Waals surface area contributed by atoms with Crippen LogP contribution in [0, 0.1) is 0 Å². The third-order valence-corrected chi connectivity index (χ3v) is 7.70. The molecule has 1 aliphatic heterocycles. The molecule has 3 aromatic rings. The van der Waals surface area contributed by atoms with E-state index in [-0.39, 0.29) is 24.0 Å². The maximum Gasteiger partial charge on any atom is 0.319 e. The summed E-state index contributed by atoms with van der Waals surface area (Å²) in [5.41, 5.74) is 3.59. The molecule has 0 spiro atoms. The van der Waals surface area contributed by atoms with Crippen LogP contribution >= 0.6 is 0 Å². The number of nitrogens with zero attached hydrogens (tertiary/aromatic N) is 1. The van der Waals surface area contributed by atoms with Crippen molar-refractivity contribution in [3.05, 3.63) is 102 Å². The zero-order valence-electron chi connectivity index (χ0n) is 23.8. The molecule has 0 bridgehead atoms. The quantitative estimate of drug-likeness (QED) is 0.202. The van der Waals surface area contributed by atoms with Gasteiger partial charge < -0.3 is 16.0 Å². The highest BCUT2D eigenvalue weighted by atomic mass is 16.2. The van der Waals surface area contributed by atoms with Crippen LogP contribution in [-0.2, 0) is 0 Å². The molecular weight excluding hydrogens is 496 g/mol. The Balaban J connectivity index is 1.29. The molecule has 0 unspecified atom stereocenters. The van der Waals surface area contributed by atoms with E-state index in [0.717, 1.165) is 38.8 Å². The molecule has 40 heavy (non-hydrogen) atoms. The van der Waals surface area contributed by atoms with Crippen LogP contribution in [0.4, 0.5) is 10.5 Å². The maximum absolute atomic E-state index is 13.3. The van der Waals surface area contributed by atoms with Crippen LogP contribution in [-0.4, -0.2) is 42.5 Å². The number of anilines is 1. The number of urea groups is 1. The Morgan fingerprint density at radius 1 is 0.775 bits per heavy atom. The van der Waals surface area contributed by atoms with Gasteiger partial charge in [0.1, 0.15) is 0 Å². The summed E-state index contributed by atoms with van der Waals surface area (Å²) in [5, 5.41) is 9.03. The molecule has 0 saturated carbocycles. The lowest BCUT2D eigenvalue weighted by Crippen LogP contribution is -2.46. The smallest absolute Gasteiger partial charge is 0.319 e. The zero-order valence-corrected chi connectivity index (χ0v) is 23.8. The van der Waals surface area contributed by atoms with Gasteiger partial charge in [-0.1, -0.05) is 112 Å². The number of carbonyl (C=O) groups excluding carboxylic acids is 2. The SMILES string of the molecule is CCCCCCCCNC(=O)Nc1ccccc1C(=O)NC1CCN(C(c2ccccc2)c2ccccc2)CC1. The summed E-state index contributed by atoms with van der Waals surface area (Å²) < 4.78 is 0.